The number of carbonyl (C=O) groups excluding carboxylic acids is 1. The van der Waals surface area contributed by atoms with Gasteiger partial charge in [-0.15, -0.1) is 22.7 Å². The van der Waals surface area contributed by atoms with Gasteiger partial charge in [-0.1, -0.05) is 12.1 Å². The van der Waals surface area contributed by atoms with E-state index in [9.17, 15) is 4.79 Å². The highest BCUT2D eigenvalue weighted by Crippen LogP contribution is 2.35. The van der Waals surface area contributed by atoms with Crippen LogP contribution in [-0.2, 0) is 11.3 Å². The molecule has 0 N–H and O–H groups in total. The van der Waals surface area contributed by atoms with E-state index in [4.69, 9.17) is 0 Å². The number of hydrogen-bond acceptors (Lipinski definition) is 4. The van der Waals surface area contributed by atoms with Crippen LogP contribution in [0.1, 0.15) is 27.8 Å². The van der Waals surface area contributed by atoms with Crippen molar-refractivity contribution in [3.8, 4) is 0 Å². The molecule has 6 heteroatoms. The van der Waals surface area contributed by atoms with E-state index in [-0.39, 0.29) is 11.9 Å². The van der Waals surface area contributed by atoms with Crippen molar-refractivity contribution >= 4 is 34.3 Å². The van der Waals surface area contributed by atoms with Crippen molar-refractivity contribution in [2.45, 2.75) is 25.9 Å². The van der Waals surface area contributed by atoms with Gasteiger partial charge in [0.1, 0.15) is 0 Å². The minimum Gasteiger partial charge on any atom is -0.265 e. The number of aromatic nitrogens is 1. The summed E-state index contributed by atoms with van der Waals surface area (Å²) < 4.78 is 1.90. The molecule has 0 saturated heterocycles. The number of aryl methyl sites for hydroxylation is 1. The first-order valence-corrected chi connectivity index (χ1v) is 9.89. The zero-order valence-corrected chi connectivity index (χ0v) is 15.5. The Bertz CT molecular complexity index is 883. The van der Waals surface area contributed by atoms with Gasteiger partial charge in [-0.05, 0) is 35.4 Å². The molecule has 0 radical (unpaired) electrons. The Labute approximate surface area is 154 Å². The van der Waals surface area contributed by atoms with E-state index in [0.29, 0.717) is 6.54 Å². The van der Waals surface area contributed by atoms with E-state index in [2.05, 4.69) is 22.6 Å². The summed E-state index contributed by atoms with van der Waals surface area (Å²) in [6.45, 7) is 2.33. The molecule has 126 valence electrons. The standard InChI is InChI=1S/C19H18N3OS2/c1-14-6-8-21(9-7-14)13-19(23)22-16(18-5-3-11-25-18)12-15(20-22)17-4-2-10-24-17/h2-11,16H,12-13H2,1H3/q+1/t16-/m0/s1. The first-order valence-electron chi connectivity index (χ1n) is 8.13. The van der Waals surface area contributed by atoms with Gasteiger partial charge in [0.05, 0.1) is 16.6 Å². The molecule has 0 unspecified atom stereocenters. The van der Waals surface area contributed by atoms with E-state index >= 15 is 0 Å². The van der Waals surface area contributed by atoms with Crippen LogP contribution >= 0.6 is 22.7 Å². The minimum absolute atomic E-state index is 0.00403. The van der Waals surface area contributed by atoms with E-state index in [0.717, 1.165) is 17.0 Å². The van der Waals surface area contributed by atoms with Crippen LogP contribution < -0.4 is 4.57 Å². The van der Waals surface area contributed by atoms with Gasteiger partial charge in [-0.25, -0.2) is 5.01 Å². The Morgan fingerprint density at radius 1 is 1.20 bits per heavy atom. The van der Waals surface area contributed by atoms with Crippen molar-refractivity contribution in [3.05, 3.63) is 74.9 Å². The van der Waals surface area contributed by atoms with Gasteiger partial charge in [0.25, 0.3) is 0 Å². The molecule has 4 nitrogen and oxygen atoms in total. The summed E-state index contributed by atoms with van der Waals surface area (Å²) in [7, 11) is 0. The van der Waals surface area contributed by atoms with Crippen LogP contribution in [0, 0.1) is 6.92 Å². The van der Waals surface area contributed by atoms with E-state index in [1.165, 1.54) is 10.4 Å². The Morgan fingerprint density at radius 2 is 1.96 bits per heavy atom. The molecule has 0 fully saturated rings. The first kappa shape index (κ1) is 16.2. The number of hydrogen-bond donors (Lipinski definition) is 0. The third-order valence-electron chi connectivity index (χ3n) is 4.22. The molecule has 0 aliphatic carbocycles. The van der Waals surface area contributed by atoms with Gasteiger partial charge >= 0.3 is 5.91 Å². The van der Waals surface area contributed by atoms with Crippen molar-refractivity contribution < 1.29 is 9.36 Å². The molecular formula is C19H18N3OS2+. The minimum atomic E-state index is -0.00403. The normalized spacial score (nSPS) is 16.9. The molecule has 1 aliphatic rings. The maximum absolute atomic E-state index is 12.9. The van der Waals surface area contributed by atoms with Crippen LogP contribution in [-0.4, -0.2) is 16.6 Å². The molecule has 0 spiro atoms. The van der Waals surface area contributed by atoms with Gasteiger partial charge < -0.3 is 0 Å². The third-order valence-corrected chi connectivity index (χ3v) is 6.11. The number of rotatable bonds is 4. The molecule has 25 heavy (non-hydrogen) atoms. The second-order valence-corrected chi connectivity index (χ2v) is 7.97. The largest absolute Gasteiger partial charge is 0.309 e. The van der Waals surface area contributed by atoms with Gasteiger partial charge in [-0.2, -0.15) is 9.67 Å². The fourth-order valence-corrected chi connectivity index (χ4v) is 4.43. The molecule has 1 aliphatic heterocycles. The Balaban J connectivity index is 1.60. The average molecular weight is 369 g/mol. The topological polar surface area (TPSA) is 36.5 Å². The highest BCUT2D eigenvalue weighted by molar-refractivity contribution is 7.12. The fourth-order valence-electron chi connectivity index (χ4n) is 2.90. The van der Waals surface area contributed by atoms with E-state index in [1.807, 2.05) is 53.5 Å². The molecular weight excluding hydrogens is 350 g/mol. The summed E-state index contributed by atoms with van der Waals surface area (Å²) in [5, 5.41) is 10.5. The predicted octanol–water partition coefficient (Wildman–Crippen LogP) is 3.78. The molecule has 1 amide bonds. The number of thiophene rings is 2. The van der Waals surface area contributed by atoms with E-state index < -0.39 is 0 Å². The Kier molecular flexibility index (Phi) is 4.46. The third kappa shape index (κ3) is 3.41. The van der Waals surface area contributed by atoms with Crippen molar-refractivity contribution in [2.75, 3.05) is 0 Å². The van der Waals surface area contributed by atoms with Gasteiger partial charge in [-0.3, -0.25) is 4.79 Å². The number of hydrazone groups is 1. The smallest absolute Gasteiger partial charge is 0.265 e. The number of amides is 1. The summed E-state index contributed by atoms with van der Waals surface area (Å²) in [5.74, 6) is 0.0128. The number of pyridine rings is 1. The Hall–Kier alpha value is -2.31. The quantitative estimate of drug-likeness (QED) is 0.646. The summed E-state index contributed by atoms with van der Waals surface area (Å²) >= 11 is 3.35. The summed E-state index contributed by atoms with van der Waals surface area (Å²) in [5.41, 5.74) is 2.18. The SMILES string of the molecule is Cc1cc[n+](CC(=O)N2N=C(c3cccs3)C[C@H]2c2cccs2)cc1. The molecule has 4 rings (SSSR count). The van der Waals surface area contributed by atoms with Crippen LogP contribution in [0.5, 0.6) is 0 Å². The maximum atomic E-state index is 12.9. The molecule has 0 saturated carbocycles. The lowest BCUT2D eigenvalue weighted by atomic mass is 10.1. The molecule has 3 aromatic heterocycles. The van der Waals surface area contributed by atoms with Crippen molar-refractivity contribution in [3.63, 3.8) is 0 Å². The predicted molar refractivity (Wildman–Crippen MR) is 101 cm³/mol. The van der Waals surface area contributed by atoms with Crippen LogP contribution in [0.25, 0.3) is 0 Å². The van der Waals surface area contributed by atoms with Crippen molar-refractivity contribution in [2.24, 2.45) is 5.10 Å². The second kappa shape index (κ2) is 6.90. The first-order chi connectivity index (χ1) is 12.2. The monoisotopic (exact) mass is 368 g/mol. The van der Waals surface area contributed by atoms with Gasteiger partial charge in [0.15, 0.2) is 12.4 Å². The van der Waals surface area contributed by atoms with Crippen LogP contribution in [0.3, 0.4) is 0 Å². The number of nitrogens with zero attached hydrogens (tertiary/aromatic N) is 3. The van der Waals surface area contributed by atoms with Crippen LogP contribution in [0.4, 0.5) is 0 Å². The van der Waals surface area contributed by atoms with Crippen LogP contribution in [0.2, 0.25) is 0 Å². The maximum Gasteiger partial charge on any atom is 0.309 e. The fraction of sp³-hybridized carbons (Fsp3) is 0.211. The Morgan fingerprint density at radius 3 is 2.64 bits per heavy atom. The molecule has 1 atom stereocenters. The second-order valence-electron chi connectivity index (χ2n) is 6.05. The lowest BCUT2D eigenvalue weighted by Crippen LogP contribution is -2.42. The summed E-state index contributed by atoms with van der Waals surface area (Å²) in [4.78, 5) is 15.2. The molecule has 4 heterocycles. The zero-order valence-electron chi connectivity index (χ0n) is 13.8. The zero-order chi connectivity index (χ0) is 17.2. The highest BCUT2D eigenvalue weighted by atomic mass is 32.1. The average Bonchev–Trinajstić information content (AvgIpc) is 3.36. The lowest BCUT2D eigenvalue weighted by Gasteiger charge is -2.19. The molecule has 3 aromatic rings. The van der Waals surface area contributed by atoms with Gasteiger partial charge in [0.2, 0.25) is 6.54 Å². The van der Waals surface area contributed by atoms with Crippen molar-refractivity contribution in [1.82, 2.24) is 5.01 Å². The molecule has 0 bridgehead atoms. The van der Waals surface area contributed by atoms with E-state index in [1.54, 1.807) is 27.7 Å². The van der Waals surface area contributed by atoms with Gasteiger partial charge in [0, 0.05) is 23.4 Å². The van der Waals surface area contributed by atoms with Crippen molar-refractivity contribution in [1.29, 1.82) is 0 Å². The molecule has 0 aromatic carbocycles. The lowest BCUT2D eigenvalue weighted by molar-refractivity contribution is -0.685. The highest BCUT2D eigenvalue weighted by Gasteiger charge is 2.35. The summed E-state index contributed by atoms with van der Waals surface area (Å²) in [6.07, 6.45) is 4.64. The summed E-state index contributed by atoms with van der Waals surface area (Å²) in [6, 6.07) is 12.2. The number of carbonyl (C=O) groups is 1. The van der Waals surface area contributed by atoms with Crippen LogP contribution in [0.15, 0.2) is 64.7 Å².